The molecule has 2 atom stereocenters. The Labute approximate surface area is 240 Å². The maximum Gasteiger partial charge on any atom is 0.247 e. The van der Waals surface area contributed by atoms with E-state index in [1.807, 2.05) is 13.0 Å². The molecule has 13 heteroatoms. The van der Waals surface area contributed by atoms with Crippen molar-refractivity contribution in [3.63, 3.8) is 0 Å². The van der Waals surface area contributed by atoms with Gasteiger partial charge in [0, 0.05) is 37.2 Å². The number of halogens is 3. The number of carbonyl (C=O) groups excluding carboxylic acids is 1. The summed E-state index contributed by atoms with van der Waals surface area (Å²) in [4.78, 5) is 28.8. The Morgan fingerprint density at radius 2 is 2.05 bits per heavy atom. The fourth-order valence-electron chi connectivity index (χ4n) is 4.87. The predicted octanol–water partition coefficient (Wildman–Crippen LogP) is 5.39. The number of ether oxygens (including phenoxy) is 2. The lowest BCUT2D eigenvalue weighted by Crippen LogP contribution is -2.41. The average molecular weight is 587 g/mol. The molecule has 0 aliphatic carbocycles. The lowest BCUT2D eigenvalue weighted by Gasteiger charge is -2.34. The van der Waals surface area contributed by atoms with Gasteiger partial charge < -0.3 is 25.0 Å². The smallest absolute Gasteiger partial charge is 0.247 e. The fraction of sp³-hybridized carbons (Fsp3) is 0.321. The van der Waals surface area contributed by atoms with Crippen LogP contribution in [0.15, 0.2) is 49.3 Å². The molecular weight excluding hydrogens is 558 g/mol. The van der Waals surface area contributed by atoms with Gasteiger partial charge in [0.05, 0.1) is 49.5 Å². The first-order valence-corrected chi connectivity index (χ1v) is 13.3. The highest BCUT2D eigenvalue weighted by molar-refractivity contribution is 6.31. The van der Waals surface area contributed by atoms with Crippen LogP contribution in [0.5, 0.6) is 5.75 Å². The van der Waals surface area contributed by atoms with Crippen LogP contribution in [0, 0.1) is 11.6 Å². The summed E-state index contributed by atoms with van der Waals surface area (Å²) < 4.78 is 40.0. The van der Waals surface area contributed by atoms with Crippen LogP contribution in [-0.2, 0) is 14.4 Å². The Bertz CT molecular complexity index is 1460. The first kappa shape index (κ1) is 28.5. The highest BCUT2D eigenvalue weighted by Crippen LogP contribution is 2.41. The molecule has 2 aromatic carbocycles. The van der Waals surface area contributed by atoms with E-state index in [4.69, 9.17) is 25.9 Å². The largest absolute Gasteiger partial charge is 0.494 e. The van der Waals surface area contributed by atoms with E-state index in [9.17, 15) is 13.6 Å². The maximum absolute atomic E-state index is 14.8. The number of carbonyl (C=O) groups is 1. The van der Waals surface area contributed by atoms with Crippen molar-refractivity contribution in [3.05, 3.63) is 71.5 Å². The van der Waals surface area contributed by atoms with Gasteiger partial charge in [0.15, 0.2) is 5.82 Å². The van der Waals surface area contributed by atoms with Gasteiger partial charge in [-0.05, 0) is 25.1 Å². The van der Waals surface area contributed by atoms with Gasteiger partial charge in [-0.2, -0.15) is 0 Å². The molecule has 0 radical (unpaired) electrons. The van der Waals surface area contributed by atoms with E-state index in [2.05, 4.69) is 32.1 Å². The minimum Gasteiger partial charge on any atom is -0.494 e. The number of methoxy groups -OCH3 is 1. The number of rotatable bonds is 8. The molecule has 0 saturated carbocycles. The molecule has 2 N–H and O–H groups in total. The predicted molar refractivity (Wildman–Crippen MR) is 152 cm³/mol. The topological polar surface area (TPSA) is 101 Å². The van der Waals surface area contributed by atoms with Crippen LogP contribution in [0.2, 0.25) is 5.02 Å². The second-order valence-electron chi connectivity index (χ2n) is 9.50. The summed E-state index contributed by atoms with van der Waals surface area (Å²) in [6, 6.07) is 7.11. The summed E-state index contributed by atoms with van der Waals surface area (Å²) in [6.07, 6.45) is 2.99. The first-order chi connectivity index (χ1) is 19.8. The number of hydrogen-bond acceptors (Lipinski definition) is 9. The highest BCUT2D eigenvalue weighted by Gasteiger charge is 2.32. The quantitative estimate of drug-likeness (QED) is 0.266. The number of anilines is 5. The van der Waals surface area contributed by atoms with E-state index in [1.54, 1.807) is 19.2 Å². The normalized spacial score (nSPS) is 18.8. The van der Waals surface area contributed by atoms with Crippen molar-refractivity contribution in [2.75, 3.05) is 54.0 Å². The van der Waals surface area contributed by atoms with Crippen LogP contribution < -0.4 is 25.3 Å². The third kappa shape index (κ3) is 6.04. The molecule has 0 unspecified atom stereocenters. The number of morpholine rings is 1. The van der Waals surface area contributed by atoms with Crippen molar-refractivity contribution in [1.82, 2.24) is 9.97 Å². The first-order valence-electron chi connectivity index (χ1n) is 13.0. The van der Waals surface area contributed by atoms with Crippen LogP contribution in [0.25, 0.3) is 0 Å². The van der Waals surface area contributed by atoms with E-state index in [0.717, 1.165) is 11.8 Å². The SMILES string of the molecule is C=CC(=O)Nc1cc(Nc2cc(N3OCC[C@@H]3c3ccc(F)c(Cl)c3F)ncn2)c(OC)cc1N1CCO[C@H](C)C1. The van der Waals surface area contributed by atoms with Crippen molar-refractivity contribution < 1.29 is 27.9 Å². The summed E-state index contributed by atoms with van der Waals surface area (Å²) in [6.45, 7) is 7.67. The van der Waals surface area contributed by atoms with Crippen molar-refractivity contribution in [2.45, 2.75) is 25.5 Å². The van der Waals surface area contributed by atoms with Crippen LogP contribution >= 0.6 is 11.6 Å². The summed E-state index contributed by atoms with van der Waals surface area (Å²) in [5.74, 6) is -0.795. The molecule has 3 heterocycles. The molecule has 2 saturated heterocycles. The molecule has 1 aromatic heterocycles. The molecule has 216 valence electrons. The number of nitrogens with one attached hydrogen (secondary N) is 2. The van der Waals surface area contributed by atoms with Crippen molar-refractivity contribution in [2.24, 2.45) is 0 Å². The lowest BCUT2D eigenvalue weighted by atomic mass is 10.0. The molecule has 1 amide bonds. The van der Waals surface area contributed by atoms with Gasteiger partial charge >= 0.3 is 0 Å². The number of nitrogens with zero attached hydrogens (tertiary/aromatic N) is 4. The molecule has 5 rings (SSSR count). The summed E-state index contributed by atoms with van der Waals surface area (Å²) >= 11 is 5.82. The molecule has 2 aliphatic rings. The average Bonchev–Trinajstić information content (AvgIpc) is 3.46. The van der Waals surface area contributed by atoms with Gasteiger partial charge in [-0.3, -0.25) is 9.63 Å². The summed E-state index contributed by atoms with van der Waals surface area (Å²) in [7, 11) is 1.55. The maximum atomic E-state index is 14.8. The Balaban J connectivity index is 1.46. The van der Waals surface area contributed by atoms with Crippen LogP contribution in [0.3, 0.4) is 0 Å². The fourth-order valence-corrected chi connectivity index (χ4v) is 5.04. The van der Waals surface area contributed by atoms with Gasteiger partial charge in [-0.25, -0.2) is 23.8 Å². The number of hydroxylamine groups is 1. The number of aromatic nitrogens is 2. The number of benzene rings is 2. The molecule has 41 heavy (non-hydrogen) atoms. The Morgan fingerprint density at radius 1 is 1.22 bits per heavy atom. The molecule has 0 spiro atoms. The van der Waals surface area contributed by atoms with Gasteiger partial charge in [0.25, 0.3) is 0 Å². The third-order valence-electron chi connectivity index (χ3n) is 6.81. The van der Waals surface area contributed by atoms with Crippen LogP contribution in [0.4, 0.5) is 37.5 Å². The van der Waals surface area contributed by atoms with Crippen molar-refractivity contribution >= 4 is 46.2 Å². The van der Waals surface area contributed by atoms with Gasteiger partial charge in [0.1, 0.15) is 34.6 Å². The molecule has 2 aliphatic heterocycles. The standard InChI is InChI=1S/C28H29ClF2N6O4/c1-4-26(38)35-19-11-20(23(39-3)12-22(19)36-8-10-40-16(2)14-36)34-24-13-25(33-15-32-24)37-21(7-9-41-37)17-5-6-18(30)27(29)28(17)31/h4-6,11-13,15-16,21H,1,7-10,14H2,2-3H3,(H,35,38)(H,32,33,34)/t16-,21-/m1/s1. The Kier molecular flexibility index (Phi) is 8.52. The van der Waals surface area contributed by atoms with E-state index in [1.165, 1.54) is 23.5 Å². The lowest BCUT2D eigenvalue weighted by molar-refractivity contribution is -0.111. The highest BCUT2D eigenvalue weighted by atomic mass is 35.5. The molecule has 3 aromatic rings. The summed E-state index contributed by atoms with van der Waals surface area (Å²) in [5, 5.41) is 6.98. The van der Waals surface area contributed by atoms with Crippen LogP contribution in [-0.4, -0.2) is 55.4 Å². The van der Waals surface area contributed by atoms with Crippen LogP contribution in [0.1, 0.15) is 24.9 Å². The van der Waals surface area contributed by atoms with Gasteiger partial charge in [0.2, 0.25) is 5.91 Å². The van der Waals surface area contributed by atoms with Gasteiger partial charge in [-0.15, -0.1) is 0 Å². The third-order valence-corrected chi connectivity index (χ3v) is 7.16. The Hall–Kier alpha value is -4.00. The Morgan fingerprint density at radius 3 is 2.80 bits per heavy atom. The molecule has 2 fully saturated rings. The second kappa shape index (κ2) is 12.2. The zero-order valence-electron chi connectivity index (χ0n) is 22.5. The van der Waals surface area contributed by atoms with Crippen molar-refractivity contribution in [1.29, 1.82) is 0 Å². The van der Waals surface area contributed by atoms with E-state index in [-0.39, 0.29) is 17.6 Å². The van der Waals surface area contributed by atoms with Crippen molar-refractivity contribution in [3.8, 4) is 5.75 Å². The van der Waals surface area contributed by atoms with E-state index in [0.29, 0.717) is 61.5 Å². The molecule has 10 nitrogen and oxygen atoms in total. The molecule has 0 bridgehead atoms. The number of amides is 1. The number of hydrogen-bond donors (Lipinski definition) is 2. The monoisotopic (exact) mass is 586 g/mol. The van der Waals surface area contributed by atoms with E-state index >= 15 is 0 Å². The second-order valence-corrected chi connectivity index (χ2v) is 9.88. The zero-order valence-corrected chi connectivity index (χ0v) is 23.3. The zero-order chi connectivity index (χ0) is 29.1. The molecular formula is C28H29ClF2N6O4. The summed E-state index contributed by atoms with van der Waals surface area (Å²) in [5.41, 5.74) is 2.04. The minimum absolute atomic E-state index is 0.0194. The minimum atomic E-state index is -0.840. The van der Waals surface area contributed by atoms with Gasteiger partial charge in [-0.1, -0.05) is 24.2 Å². The van der Waals surface area contributed by atoms with E-state index < -0.39 is 22.7 Å².